The maximum absolute atomic E-state index is 6.97. The second kappa shape index (κ2) is 8.11. The van der Waals surface area contributed by atoms with Crippen LogP contribution in [0.5, 0.6) is 0 Å². The van der Waals surface area contributed by atoms with Gasteiger partial charge in [0, 0.05) is 29.3 Å². The summed E-state index contributed by atoms with van der Waals surface area (Å²) >= 11 is 8.68. The van der Waals surface area contributed by atoms with E-state index in [2.05, 4.69) is 78.4 Å². The van der Waals surface area contributed by atoms with Gasteiger partial charge in [0.2, 0.25) is 11.4 Å². The number of fused-ring (bicyclic) bond motifs is 2. The monoisotopic (exact) mass is 436 g/mol. The molecule has 4 aromatic rings. The molecule has 29 heavy (non-hydrogen) atoms. The van der Waals surface area contributed by atoms with Gasteiger partial charge in [0.15, 0.2) is 6.21 Å². The van der Waals surface area contributed by atoms with Gasteiger partial charge in [0.1, 0.15) is 5.01 Å². The second-order valence-electron chi connectivity index (χ2n) is 6.82. The maximum Gasteiger partial charge on any atom is 0.216 e. The Kier molecular flexibility index (Phi) is 5.55. The zero-order valence-corrected chi connectivity index (χ0v) is 18.0. The molecule has 0 amide bonds. The van der Waals surface area contributed by atoms with Gasteiger partial charge in [0.25, 0.3) is 0 Å². The van der Waals surface area contributed by atoms with Crippen LogP contribution in [0, 0.1) is 0 Å². The van der Waals surface area contributed by atoms with Crippen molar-refractivity contribution < 1.29 is 12.4 Å². The minimum Gasteiger partial charge on any atom is -1.00 e. The van der Waals surface area contributed by atoms with E-state index in [9.17, 15) is 0 Å². The number of thiazole rings is 1. The highest BCUT2D eigenvalue weighted by Gasteiger charge is 2.32. The van der Waals surface area contributed by atoms with Gasteiger partial charge in [-0.05, 0) is 24.6 Å². The van der Waals surface area contributed by atoms with Crippen LogP contribution in [-0.2, 0) is 0 Å². The minimum absolute atomic E-state index is 0. The third kappa shape index (κ3) is 3.51. The molecule has 5 rings (SSSR count). The van der Waals surface area contributed by atoms with E-state index in [0.717, 1.165) is 38.6 Å². The molecule has 0 saturated heterocycles. The largest absolute Gasteiger partial charge is 1.00 e. The van der Waals surface area contributed by atoms with Crippen molar-refractivity contribution in [3.05, 3.63) is 95.0 Å². The number of para-hydroxylation sites is 3. The highest BCUT2D eigenvalue weighted by atomic mass is 35.5. The first-order valence-electron chi connectivity index (χ1n) is 9.21. The average Bonchev–Trinajstić information content (AvgIpc) is 3.19. The van der Waals surface area contributed by atoms with Crippen molar-refractivity contribution in [3.63, 3.8) is 0 Å². The fourth-order valence-electron chi connectivity index (χ4n) is 3.61. The summed E-state index contributed by atoms with van der Waals surface area (Å²) in [5.41, 5.74) is 6.60. The van der Waals surface area contributed by atoms with Gasteiger partial charge in [-0.25, -0.2) is 4.98 Å². The summed E-state index contributed by atoms with van der Waals surface area (Å²) in [5, 5.41) is 0.814. The zero-order valence-electron chi connectivity index (χ0n) is 15.7. The van der Waals surface area contributed by atoms with Crippen LogP contribution in [0.2, 0.25) is 0 Å². The third-order valence-electron chi connectivity index (χ3n) is 5.09. The lowest BCUT2D eigenvalue weighted by Gasteiger charge is -2.20. The minimum atomic E-state index is -0.205. The van der Waals surface area contributed by atoms with E-state index in [-0.39, 0.29) is 17.8 Å². The number of hydrogen-bond acceptors (Lipinski definition) is 2. The smallest absolute Gasteiger partial charge is 0.216 e. The number of benzene rings is 3. The lowest BCUT2D eigenvalue weighted by molar-refractivity contribution is -0.00000532. The molecule has 0 N–H and O–H groups in total. The van der Waals surface area contributed by atoms with Crippen LogP contribution in [0.25, 0.3) is 15.8 Å². The van der Waals surface area contributed by atoms with E-state index < -0.39 is 0 Å². The summed E-state index contributed by atoms with van der Waals surface area (Å²) in [7, 11) is 0. The van der Waals surface area contributed by atoms with Gasteiger partial charge in [-0.15, -0.1) is 22.9 Å². The Morgan fingerprint density at radius 2 is 1.62 bits per heavy atom. The molecule has 1 unspecified atom stereocenters. The van der Waals surface area contributed by atoms with Crippen molar-refractivity contribution in [3.8, 4) is 0 Å². The van der Waals surface area contributed by atoms with Crippen molar-refractivity contribution in [1.82, 2.24) is 9.56 Å². The molecule has 3 aromatic carbocycles. The van der Waals surface area contributed by atoms with Crippen LogP contribution in [0.3, 0.4) is 0 Å². The fourth-order valence-corrected chi connectivity index (χ4v) is 5.00. The Balaban J connectivity index is 0.00000205. The Hall–Kier alpha value is -2.46. The van der Waals surface area contributed by atoms with Crippen molar-refractivity contribution in [1.29, 1.82) is 0 Å². The summed E-state index contributed by atoms with van der Waals surface area (Å²) < 4.78 is 3.42. The predicted molar refractivity (Wildman–Crippen MR) is 121 cm³/mol. The first kappa shape index (κ1) is 19.8. The molecule has 144 valence electrons. The predicted octanol–water partition coefficient (Wildman–Crippen LogP) is 3.97. The Bertz CT molecular complexity index is 1210. The second-order valence-corrected chi connectivity index (χ2v) is 8.29. The zero-order chi connectivity index (χ0) is 19.1. The number of nitrogens with zero attached hydrogens (tertiary/aromatic N) is 2. The van der Waals surface area contributed by atoms with Gasteiger partial charge in [-0.2, -0.15) is 4.58 Å². The molecule has 0 spiro atoms. The van der Waals surface area contributed by atoms with Gasteiger partial charge in [0.05, 0.1) is 15.6 Å². The molecule has 0 aliphatic carbocycles. The average molecular weight is 437 g/mol. The van der Waals surface area contributed by atoms with Crippen LogP contribution in [0.4, 0.5) is 11.4 Å². The van der Waals surface area contributed by atoms with E-state index in [1.807, 2.05) is 18.2 Å². The molecular formula is C24H18Cl2N2S. The lowest BCUT2D eigenvalue weighted by atomic mass is 9.96. The van der Waals surface area contributed by atoms with Crippen molar-refractivity contribution in [2.24, 2.45) is 0 Å². The maximum atomic E-state index is 6.97. The first-order valence-corrected chi connectivity index (χ1v) is 10.5. The van der Waals surface area contributed by atoms with E-state index in [1.54, 1.807) is 11.3 Å². The van der Waals surface area contributed by atoms with E-state index in [0.29, 0.717) is 0 Å². The van der Waals surface area contributed by atoms with Crippen LogP contribution < -0.4 is 17.0 Å². The number of aromatic nitrogens is 1. The SMILES string of the molecule is CC(=C1C=[N+](c2ccccc2)c2ccccc2C1Cl)c1nc2ccccc2s1.[Cl-]. The van der Waals surface area contributed by atoms with Crippen LogP contribution in [-0.4, -0.2) is 11.2 Å². The van der Waals surface area contributed by atoms with Crippen molar-refractivity contribution in [2.75, 3.05) is 0 Å². The highest BCUT2D eigenvalue weighted by molar-refractivity contribution is 7.19. The molecule has 1 atom stereocenters. The van der Waals surface area contributed by atoms with Gasteiger partial charge >= 0.3 is 0 Å². The number of halogens is 2. The number of hydrogen-bond donors (Lipinski definition) is 0. The number of alkyl halides is 1. The molecule has 1 aliphatic rings. The van der Waals surface area contributed by atoms with E-state index in [1.165, 1.54) is 4.70 Å². The molecule has 0 radical (unpaired) electrons. The molecular weight excluding hydrogens is 419 g/mol. The topological polar surface area (TPSA) is 15.9 Å². The van der Waals surface area contributed by atoms with Gasteiger partial charge < -0.3 is 12.4 Å². The molecule has 0 saturated carbocycles. The number of allylic oxidation sites excluding steroid dienone is 2. The van der Waals surface area contributed by atoms with Crippen molar-refractivity contribution >= 4 is 56.3 Å². The third-order valence-corrected chi connectivity index (χ3v) is 6.72. The summed E-state index contributed by atoms with van der Waals surface area (Å²) in [4.78, 5) is 4.84. The van der Waals surface area contributed by atoms with Crippen LogP contribution in [0.1, 0.15) is 22.9 Å². The van der Waals surface area contributed by atoms with Gasteiger partial charge in [-0.3, -0.25) is 0 Å². The standard InChI is InChI=1S/C24H18ClN2S.ClH/c1-16(24-26-20-12-6-8-14-22(20)28-24)19-15-27(17-9-3-2-4-10-17)21-13-7-5-11-18(21)23(19)25;/h2-15,23H,1H3;1H/q+1;/p-1. The Morgan fingerprint density at radius 3 is 2.41 bits per heavy atom. The first-order chi connectivity index (χ1) is 13.7. The molecule has 1 aromatic heterocycles. The molecule has 0 fully saturated rings. The summed E-state index contributed by atoms with van der Waals surface area (Å²) in [5.74, 6) is 0. The Labute approximate surface area is 185 Å². The molecule has 2 heterocycles. The summed E-state index contributed by atoms with van der Waals surface area (Å²) in [6.07, 6.45) is 2.16. The normalized spacial score (nSPS) is 17.3. The summed E-state index contributed by atoms with van der Waals surface area (Å²) in [6, 6.07) is 27.0. The molecule has 0 bridgehead atoms. The van der Waals surface area contributed by atoms with Crippen molar-refractivity contribution in [2.45, 2.75) is 12.3 Å². The lowest BCUT2D eigenvalue weighted by Crippen LogP contribution is -3.00. The van der Waals surface area contributed by atoms with Crippen LogP contribution >= 0.6 is 22.9 Å². The van der Waals surface area contributed by atoms with E-state index >= 15 is 0 Å². The summed E-state index contributed by atoms with van der Waals surface area (Å²) in [6.45, 7) is 2.12. The highest BCUT2D eigenvalue weighted by Crippen LogP contribution is 2.42. The Morgan fingerprint density at radius 1 is 0.931 bits per heavy atom. The van der Waals surface area contributed by atoms with Gasteiger partial charge in [-0.1, -0.05) is 48.5 Å². The number of rotatable bonds is 2. The molecule has 1 aliphatic heterocycles. The fraction of sp³-hybridized carbons (Fsp3) is 0.0833. The van der Waals surface area contributed by atoms with E-state index in [4.69, 9.17) is 16.6 Å². The molecule has 2 nitrogen and oxygen atoms in total. The quantitative estimate of drug-likeness (QED) is 0.342. The molecule has 5 heteroatoms. The van der Waals surface area contributed by atoms with Crippen LogP contribution in [0.15, 0.2) is 84.4 Å².